The number of halogens is 1. The van der Waals surface area contributed by atoms with E-state index >= 15 is 0 Å². The van der Waals surface area contributed by atoms with E-state index < -0.39 is 6.04 Å². The third kappa shape index (κ3) is 3.02. The summed E-state index contributed by atoms with van der Waals surface area (Å²) in [5.41, 5.74) is 6.44. The maximum absolute atomic E-state index is 13.3. The summed E-state index contributed by atoms with van der Waals surface area (Å²) in [6.07, 6.45) is 0.632. The SMILES string of the molecule is CCc1ccc(NC(=O)[C@@H](C)N)cc1F. The van der Waals surface area contributed by atoms with Crippen LogP contribution in [-0.2, 0) is 11.2 Å². The Morgan fingerprint density at radius 2 is 2.27 bits per heavy atom. The van der Waals surface area contributed by atoms with Gasteiger partial charge in [-0.15, -0.1) is 0 Å². The molecule has 0 spiro atoms. The Labute approximate surface area is 88.5 Å². The lowest BCUT2D eigenvalue weighted by atomic mass is 10.1. The molecule has 0 bridgehead atoms. The van der Waals surface area contributed by atoms with Gasteiger partial charge in [-0.05, 0) is 31.0 Å². The zero-order chi connectivity index (χ0) is 11.4. The number of anilines is 1. The molecular formula is C11H15FN2O. The Kier molecular flexibility index (Phi) is 3.80. The molecule has 0 aliphatic rings. The maximum Gasteiger partial charge on any atom is 0.241 e. The van der Waals surface area contributed by atoms with Crippen molar-refractivity contribution < 1.29 is 9.18 Å². The van der Waals surface area contributed by atoms with E-state index in [0.29, 0.717) is 17.7 Å². The highest BCUT2D eigenvalue weighted by atomic mass is 19.1. The molecule has 0 unspecified atom stereocenters. The largest absolute Gasteiger partial charge is 0.325 e. The number of amides is 1. The summed E-state index contributed by atoms with van der Waals surface area (Å²) in [5.74, 6) is -0.626. The van der Waals surface area contributed by atoms with Gasteiger partial charge in [0, 0.05) is 5.69 Å². The van der Waals surface area contributed by atoms with Gasteiger partial charge in [0.15, 0.2) is 0 Å². The zero-order valence-corrected chi connectivity index (χ0v) is 8.88. The first-order valence-corrected chi connectivity index (χ1v) is 4.89. The predicted molar refractivity (Wildman–Crippen MR) is 58.1 cm³/mol. The lowest BCUT2D eigenvalue weighted by molar-refractivity contribution is -0.117. The molecule has 0 aliphatic heterocycles. The lowest BCUT2D eigenvalue weighted by Gasteiger charge is -2.08. The van der Waals surface area contributed by atoms with Crippen molar-refractivity contribution in [2.45, 2.75) is 26.3 Å². The van der Waals surface area contributed by atoms with Gasteiger partial charge in [0.2, 0.25) is 5.91 Å². The summed E-state index contributed by atoms with van der Waals surface area (Å²) in [4.78, 5) is 11.2. The van der Waals surface area contributed by atoms with Crippen LogP contribution in [0.4, 0.5) is 10.1 Å². The van der Waals surface area contributed by atoms with Gasteiger partial charge >= 0.3 is 0 Å². The number of rotatable bonds is 3. The monoisotopic (exact) mass is 210 g/mol. The Morgan fingerprint density at radius 3 is 2.73 bits per heavy atom. The molecule has 82 valence electrons. The molecular weight excluding hydrogens is 195 g/mol. The molecule has 0 aromatic heterocycles. The summed E-state index contributed by atoms with van der Waals surface area (Å²) < 4.78 is 13.3. The predicted octanol–water partition coefficient (Wildman–Crippen LogP) is 1.67. The smallest absolute Gasteiger partial charge is 0.241 e. The van der Waals surface area contributed by atoms with E-state index in [1.807, 2.05) is 6.92 Å². The van der Waals surface area contributed by atoms with Gasteiger partial charge in [-0.25, -0.2) is 4.39 Å². The number of hydrogen-bond donors (Lipinski definition) is 2. The average molecular weight is 210 g/mol. The van der Waals surface area contributed by atoms with E-state index in [1.165, 1.54) is 6.07 Å². The van der Waals surface area contributed by atoms with Crippen molar-refractivity contribution in [3.05, 3.63) is 29.6 Å². The van der Waals surface area contributed by atoms with Crippen LogP contribution in [-0.4, -0.2) is 11.9 Å². The number of aryl methyl sites for hydroxylation is 1. The number of hydrogen-bond acceptors (Lipinski definition) is 2. The van der Waals surface area contributed by atoms with Crippen LogP contribution in [0.25, 0.3) is 0 Å². The van der Waals surface area contributed by atoms with Gasteiger partial charge in [0.05, 0.1) is 6.04 Å². The van der Waals surface area contributed by atoms with Crippen molar-refractivity contribution in [1.29, 1.82) is 0 Å². The van der Waals surface area contributed by atoms with Gasteiger partial charge < -0.3 is 11.1 Å². The number of benzene rings is 1. The molecule has 0 saturated heterocycles. The number of carbonyl (C=O) groups is 1. The quantitative estimate of drug-likeness (QED) is 0.797. The fourth-order valence-electron chi connectivity index (χ4n) is 1.17. The summed E-state index contributed by atoms with van der Waals surface area (Å²) in [7, 11) is 0. The summed E-state index contributed by atoms with van der Waals surface area (Å²) in [6.45, 7) is 3.45. The molecule has 3 N–H and O–H groups in total. The fraction of sp³-hybridized carbons (Fsp3) is 0.364. The molecule has 1 rings (SSSR count). The normalized spacial score (nSPS) is 12.3. The maximum atomic E-state index is 13.3. The second kappa shape index (κ2) is 4.89. The van der Waals surface area contributed by atoms with Crippen LogP contribution in [0.1, 0.15) is 19.4 Å². The van der Waals surface area contributed by atoms with Crippen LogP contribution in [0, 0.1) is 5.82 Å². The number of nitrogens with two attached hydrogens (primary N) is 1. The lowest BCUT2D eigenvalue weighted by Crippen LogP contribution is -2.32. The molecule has 1 aromatic rings. The standard InChI is InChI=1S/C11H15FN2O/c1-3-8-4-5-9(6-10(8)12)14-11(15)7(2)13/h4-7H,3,13H2,1-2H3,(H,14,15)/t7-/m1/s1. The van der Waals surface area contributed by atoms with Crippen LogP contribution in [0.15, 0.2) is 18.2 Å². The molecule has 1 aromatic carbocycles. The zero-order valence-electron chi connectivity index (χ0n) is 8.88. The molecule has 0 fully saturated rings. The Hall–Kier alpha value is -1.42. The highest BCUT2D eigenvalue weighted by Crippen LogP contribution is 2.14. The molecule has 0 saturated carbocycles. The molecule has 3 nitrogen and oxygen atoms in total. The minimum atomic E-state index is -0.598. The van der Waals surface area contributed by atoms with E-state index in [9.17, 15) is 9.18 Å². The van der Waals surface area contributed by atoms with Gasteiger partial charge in [-0.1, -0.05) is 13.0 Å². The highest BCUT2D eigenvalue weighted by Gasteiger charge is 2.08. The first-order valence-electron chi connectivity index (χ1n) is 4.89. The van der Waals surface area contributed by atoms with Crippen LogP contribution in [0.2, 0.25) is 0 Å². The summed E-state index contributed by atoms with van der Waals surface area (Å²) in [6, 6.07) is 4.03. The number of carbonyl (C=O) groups excluding carboxylic acids is 1. The number of nitrogens with one attached hydrogen (secondary N) is 1. The average Bonchev–Trinajstić information content (AvgIpc) is 2.18. The van der Waals surface area contributed by atoms with Crippen LogP contribution in [0.5, 0.6) is 0 Å². The van der Waals surface area contributed by atoms with E-state index in [0.717, 1.165) is 0 Å². The van der Waals surface area contributed by atoms with Crippen molar-refractivity contribution in [3.63, 3.8) is 0 Å². The van der Waals surface area contributed by atoms with Gasteiger partial charge in [0.25, 0.3) is 0 Å². The minimum absolute atomic E-state index is 0.306. The third-order valence-electron chi connectivity index (χ3n) is 2.12. The Morgan fingerprint density at radius 1 is 1.60 bits per heavy atom. The van der Waals surface area contributed by atoms with Crippen molar-refractivity contribution in [3.8, 4) is 0 Å². The molecule has 0 heterocycles. The Balaban J connectivity index is 2.80. The van der Waals surface area contributed by atoms with E-state index in [4.69, 9.17) is 5.73 Å². The minimum Gasteiger partial charge on any atom is -0.325 e. The van der Waals surface area contributed by atoms with E-state index in [1.54, 1.807) is 19.1 Å². The topological polar surface area (TPSA) is 55.1 Å². The highest BCUT2D eigenvalue weighted by molar-refractivity contribution is 5.94. The van der Waals surface area contributed by atoms with Crippen LogP contribution in [0.3, 0.4) is 0 Å². The Bertz CT molecular complexity index is 364. The van der Waals surface area contributed by atoms with Crippen molar-refractivity contribution in [2.24, 2.45) is 5.73 Å². The first kappa shape index (κ1) is 11.7. The van der Waals surface area contributed by atoms with Crippen molar-refractivity contribution in [2.75, 3.05) is 5.32 Å². The molecule has 1 atom stereocenters. The molecule has 0 radical (unpaired) electrons. The molecule has 4 heteroatoms. The van der Waals surface area contributed by atoms with Gasteiger partial charge in [-0.3, -0.25) is 4.79 Å². The van der Waals surface area contributed by atoms with Crippen molar-refractivity contribution in [1.82, 2.24) is 0 Å². The van der Waals surface area contributed by atoms with Crippen LogP contribution >= 0.6 is 0 Å². The van der Waals surface area contributed by atoms with E-state index in [-0.39, 0.29) is 11.7 Å². The van der Waals surface area contributed by atoms with Crippen molar-refractivity contribution >= 4 is 11.6 Å². The van der Waals surface area contributed by atoms with Gasteiger partial charge in [0.1, 0.15) is 5.82 Å². The third-order valence-corrected chi connectivity index (χ3v) is 2.12. The van der Waals surface area contributed by atoms with Gasteiger partial charge in [-0.2, -0.15) is 0 Å². The second-order valence-corrected chi connectivity index (χ2v) is 3.44. The fourth-order valence-corrected chi connectivity index (χ4v) is 1.17. The van der Waals surface area contributed by atoms with E-state index in [2.05, 4.69) is 5.32 Å². The molecule has 0 aliphatic carbocycles. The molecule has 15 heavy (non-hydrogen) atoms. The summed E-state index contributed by atoms with van der Waals surface area (Å²) in [5, 5.41) is 2.53. The molecule has 1 amide bonds. The summed E-state index contributed by atoms with van der Waals surface area (Å²) >= 11 is 0. The second-order valence-electron chi connectivity index (χ2n) is 3.44. The van der Waals surface area contributed by atoms with Crippen LogP contribution < -0.4 is 11.1 Å². The first-order chi connectivity index (χ1) is 7.04.